The van der Waals surface area contributed by atoms with Gasteiger partial charge in [0, 0.05) is 6.42 Å². The van der Waals surface area contributed by atoms with Crippen molar-refractivity contribution in [3.63, 3.8) is 0 Å². The van der Waals surface area contributed by atoms with Crippen molar-refractivity contribution in [2.24, 2.45) is 5.73 Å². The van der Waals surface area contributed by atoms with E-state index in [2.05, 4.69) is 46.5 Å². The van der Waals surface area contributed by atoms with E-state index in [4.69, 9.17) is 5.73 Å². The van der Waals surface area contributed by atoms with Crippen LogP contribution in [0.15, 0.2) is 48.5 Å². The van der Waals surface area contributed by atoms with Crippen LogP contribution in [0.5, 0.6) is 0 Å². The monoisotopic (exact) mass is 388 g/mol. The molecule has 1 aliphatic rings. The molecule has 0 aromatic heterocycles. The molecule has 1 saturated heterocycles. The van der Waals surface area contributed by atoms with Gasteiger partial charge in [0.25, 0.3) is 0 Å². The Morgan fingerprint density at radius 2 is 1.63 bits per heavy atom. The van der Waals surface area contributed by atoms with E-state index < -0.39 is 0 Å². The van der Waals surface area contributed by atoms with Crippen molar-refractivity contribution in [3.8, 4) is 0 Å². The molecule has 5 heteroatoms. The molecule has 0 spiro atoms. The van der Waals surface area contributed by atoms with Crippen LogP contribution in [0.4, 0.5) is 0 Å². The molecular formula is C22H29ClN2O2. The average molecular weight is 389 g/mol. The van der Waals surface area contributed by atoms with Crippen LogP contribution in [0, 0.1) is 0 Å². The number of carbonyl (C=O) groups excluding carboxylic acids is 1. The second-order valence-electron chi connectivity index (χ2n) is 6.99. The van der Waals surface area contributed by atoms with E-state index in [1.807, 2.05) is 12.1 Å². The summed E-state index contributed by atoms with van der Waals surface area (Å²) < 4.78 is 4.68. The third-order valence-corrected chi connectivity index (χ3v) is 5.29. The Labute approximate surface area is 167 Å². The van der Waals surface area contributed by atoms with Crippen molar-refractivity contribution in [2.75, 3.05) is 20.2 Å². The van der Waals surface area contributed by atoms with E-state index >= 15 is 0 Å². The molecule has 1 heterocycles. The highest BCUT2D eigenvalue weighted by Crippen LogP contribution is 2.27. The van der Waals surface area contributed by atoms with Crippen LogP contribution in [-0.2, 0) is 16.0 Å². The number of nitrogens with one attached hydrogen (secondary N) is 1. The zero-order valence-electron chi connectivity index (χ0n) is 15.8. The van der Waals surface area contributed by atoms with Gasteiger partial charge < -0.3 is 15.8 Å². The zero-order valence-corrected chi connectivity index (χ0v) is 16.6. The normalized spacial score (nSPS) is 15.6. The summed E-state index contributed by atoms with van der Waals surface area (Å²) in [6.07, 6.45) is 3.50. The van der Waals surface area contributed by atoms with Gasteiger partial charge in [0.2, 0.25) is 0 Å². The number of nitrogens with two attached hydrogens (primary N) is 1. The fourth-order valence-electron chi connectivity index (χ4n) is 3.56. The standard InChI is InChI=1S/C22H28N2O2.ClH/c1-26-21(25)11-4-16-2-5-19(6-3-16)22(23)20-9-7-17(8-10-20)18-12-14-24-15-13-18;/h2-3,5-10,18,22,24H,4,11-15,23H2,1H3;1H. The van der Waals surface area contributed by atoms with E-state index in [-0.39, 0.29) is 24.4 Å². The highest BCUT2D eigenvalue weighted by molar-refractivity contribution is 5.85. The lowest BCUT2D eigenvalue weighted by atomic mass is 9.88. The summed E-state index contributed by atoms with van der Waals surface area (Å²) in [5, 5.41) is 3.41. The van der Waals surface area contributed by atoms with Gasteiger partial charge in [0.15, 0.2) is 0 Å². The largest absolute Gasteiger partial charge is 0.469 e. The Hall–Kier alpha value is -1.88. The summed E-state index contributed by atoms with van der Waals surface area (Å²) >= 11 is 0. The molecule has 27 heavy (non-hydrogen) atoms. The highest BCUT2D eigenvalue weighted by Gasteiger charge is 2.16. The molecular weight excluding hydrogens is 360 g/mol. The fourth-order valence-corrected chi connectivity index (χ4v) is 3.56. The van der Waals surface area contributed by atoms with E-state index in [9.17, 15) is 4.79 Å². The van der Waals surface area contributed by atoms with Crippen molar-refractivity contribution in [3.05, 3.63) is 70.8 Å². The van der Waals surface area contributed by atoms with E-state index in [1.54, 1.807) is 0 Å². The summed E-state index contributed by atoms with van der Waals surface area (Å²) in [5.74, 6) is 0.482. The van der Waals surface area contributed by atoms with E-state index in [0.29, 0.717) is 18.8 Å². The number of methoxy groups -OCH3 is 1. The molecule has 2 aromatic rings. The van der Waals surface area contributed by atoms with Gasteiger partial charge in [0.05, 0.1) is 13.2 Å². The minimum Gasteiger partial charge on any atom is -0.469 e. The smallest absolute Gasteiger partial charge is 0.305 e. The Kier molecular flexibility index (Phi) is 8.29. The predicted molar refractivity (Wildman–Crippen MR) is 111 cm³/mol. The van der Waals surface area contributed by atoms with Crippen LogP contribution in [0.2, 0.25) is 0 Å². The number of rotatable bonds is 6. The minimum absolute atomic E-state index is 0. The molecule has 0 radical (unpaired) electrons. The first-order chi connectivity index (χ1) is 12.7. The number of halogens is 1. The number of hydrogen-bond acceptors (Lipinski definition) is 4. The Morgan fingerprint density at radius 3 is 2.19 bits per heavy atom. The van der Waals surface area contributed by atoms with Crippen molar-refractivity contribution in [1.29, 1.82) is 0 Å². The van der Waals surface area contributed by atoms with Gasteiger partial charge in [-0.1, -0.05) is 48.5 Å². The third-order valence-electron chi connectivity index (χ3n) is 5.29. The van der Waals surface area contributed by atoms with Crippen LogP contribution in [0.3, 0.4) is 0 Å². The van der Waals surface area contributed by atoms with Crippen molar-refractivity contribution >= 4 is 18.4 Å². The topological polar surface area (TPSA) is 64.3 Å². The SMILES string of the molecule is COC(=O)CCc1ccc(C(N)c2ccc(C3CCNCC3)cc2)cc1.Cl. The summed E-state index contributed by atoms with van der Waals surface area (Å²) in [6, 6.07) is 16.8. The fraction of sp³-hybridized carbons (Fsp3) is 0.409. The van der Waals surface area contributed by atoms with Gasteiger partial charge >= 0.3 is 5.97 Å². The molecule has 1 unspecified atom stereocenters. The van der Waals surface area contributed by atoms with Gasteiger partial charge in [-0.05, 0) is 60.5 Å². The lowest BCUT2D eigenvalue weighted by Gasteiger charge is -2.23. The first-order valence-electron chi connectivity index (χ1n) is 9.39. The number of aryl methyl sites for hydroxylation is 1. The maximum atomic E-state index is 11.2. The summed E-state index contributed by atoms with van der Waals surface area (Å²) in [6.45, 7) is 2.21. The van der Waals surface area contributed by atoms with E-state index in [1.165, 1.54) is 25.5 Å². The lowest BCUT2D eigenvalue weighted by Crippen LogP contribution is -2.26. The van der Waals surface area contributed by atoms with Crippen molar-refractivity contribution < 1.29 is 9.53 Å². The van der Waals surface area contributed by atoms with Crippen LogP contribution >= 0.6 is 12.4 Å². The molecule has 1 aliphatic heterocycles. The number of esters is 1. The number of ether oxygens (including phenoxy) is 1. The number of benzene rings is 2. The van der Waals surface area contributed by atoms with Gasteiger partial charge in [-0.25, -0.2) is 0 Å². The van der Waals surface area contributed by atoms with Gasteiger partial charge in [-0.3, -0.25) is 4.79 Å². The van der Waals surface area contributed by atoms with Gasteiger partial charge in [0.1, 0.15) is 0 Å². The van der Waals surface area contributed by atoms with Crippen molar-refractivity contribution in [2.45, 2.75) is 37.6 Å². The first-order valence-corrected chi connectivity index (χ1v) is 9.39. The van der Waals surface area contributed by atoms with Crippen LogP contribution in [0.1, 0.15) is 53.5 Å². The molecule has 0 saturated carbocycles. The molecule has 3 rings (SSSR count). The third kappa shape index (κ3) is 5.80. The Bertz CT molecular complexity index is 710. The lowest BCUT2D eigenvalue weighted by molar-refractivity contribution is -0.140. The summed E-state index contributed by atoms with van der Waals surface area (Å²) in [7, 11) is 1.42. The minimum atomic E-state index is -0.181. The molecule has 2 aromatic carbocycles. The first kappa shape index (κ1) is 21.4. The molecule has 0 bridgehead atoms. The number of piperidine rings is 1. The number of hydrogen-bond donors (Lipinski definition) is 2. The number of carbonyl (C=O) groups is 1. The average Bonchev–Trinajstić information content (AvgIpc) is 2.72. The maximum Gasteiger partial charge on any atom is 0.305 e. The Morgan fingerprint density at radius 1 is 1.07 bits per heavy atom. The summed E-state index contributed by atoms with van der Waals surface area (Å²) in [4.78, 5) is 11.2. The second kappa shape index (κ2) is 10.5. The van der Waals surface area contributed by atoms with Crippen LogP contribution in [-0.4, -0.2) is 26.2 Å². The molecule has 1 atom stereocenters. The van der Waals surface area contributed by atoms with E-state index in [0.717, 1.165) is 29.8 Å². The highest BCUT2D eigenvalue weighted by atomic mass is 35.5. The predicted octanol–water partition coefficient (Wildman–Crippen LogP) is 3.73. The molecule has 0 amide bonds. The zero-order chi connectivity index (χ0) is 18.4. The molecule has 0 aliphatic carbocycles. The molecule has 4 nitrogen and oxygen atoms in total. The summed E-state index contributed by atoms with van der Waals surface area (Å²) in [5.41, 5.74) is 11.2. The van der Waals surface area contributed by atoms with Gasteiger partial charge in [-0.15, -0.1) is 12.4 Å². The second-order valence-corrected chi connectivity index (χ2v) is 6.99. The maximum absolute atomic E-state index is 11.2. The quantitative estimate of drug-likeness (QED) is 0.740. The van der Waals surface area contributed by atoms with Crippen molar-refractivity contribution in [1.82, 2.24) is 5.32 Å². The Balaban J connectivity index is 0.00000261. The molecule has 3 N–H and O–H groups in total. The van der Waals surface area contributed by atoms with Crippen LogP contribution in [0.25, 0.3) is 0 Å². The van der Waals surface area contributed by atoms with Crippen LogP contribution < -0.4 is 11.1 Å². The molecule has 1 fully saturated rings. The van der Waals surface area contributed by atoms with Gasteiger partial charge in [-0.2, -0.15) is 0 Å². The molecule has 146 valence electrons.